The molecule has 2 atom stereocenters. The van der Waals surface area contributed by atoms with Crippen molar-refractivity contribution in [3.05, 3.63) is 23.5 Å². The second-order valence-corrected chi connectivity index (χ2v) is 7.85. The Morgan fingerprint density at radius 3 is 3.04 bits per heavy atom. The van der Waals surface area contributed by atoms with E-state index in [1.54, 1.807) is 0 Å². The summed E-state index contributed by atoms with van der Waals surface area (Å²) in [7, 11) is 0. The first-order valence-electron chi connectivity index (χ1n) is 9.28. The van der Waals surface area contributed by atoms with Crippen molar-refractivity contribution in [1.82, 2.24) is 15.4 Å². The van der Waals surface area contributed by atoms with E-state index in [1.807, 2.05) is 31.7 Å². The second-order valence-electron chi connectivity index (χ2n) is 7.85. The number of aromatic nitrogens is 2. The van der Waals surface area contributed by atoms with E-state index < -0.39 is 5.41 Å². The zero-order valence-electron chi connectivity index (χ0n) is 15.3. The highest BCUT2D eigenvalue weighted by molar-refractivity contribution is 6.10. The van der Waals surface area contributed by atoms with E-state index >= 15 is 0 Å². The van der Waals surface area contributed by atoms with Gasteiger partial charge < -0.3 is 20.0 Å². The van der Waals surface area contributed by atoms with Crippen molar-refractivity contribution in [2.45, 2.75) is 38.6 Å². The highest BCUT2D eigenvalue weighted by Gasteiger charge is 2.44. The zero-order chi connectivity index (χ0) is 18.1. The summed E-state index contributed by atoms with van der Waals surface area (Å²) >= 11 is 0. The Morgan fingerprint density at radius 1 is 1.38 bits per heavy atom. The molecule has 0 spiro atoms. The van der Waals surface area contributed by atoms with Gasteiger partial charge in [-0.1, -0.05) is 0 Å². The smallest absolute Gasteiger partial charge is 0.237 e. The summed E-state index contributed by atoms with van der Waals surface area (Å²) in [5.74, 6) is 1.18. The van der Waals surface area contributed by atoms with E-state index in [1.165, 1.54) is 0 Å². The summed E-state index contributed by atoms with van der Waals surface area (Å²) in [5, 5.41) is 4.52. The molecule has 7 nitrogen and oxygen atoms in total. The van der Waals surface area contributed by atoms with E-state index in [2.05, 4.69) is 21.6 Å². The third-order valence-corrected chi connectivity index (χ3v) is 5.96. The molecule has 3 aliphatic heterocycles. The molecule has 2 unspecified atom stereocenters. The Balaban J connectivity index is 1.59. The fraction of sp³-hybridized carbons (Fsp3) is 0.526. The van der Waals surface area contributed by atoms with Gasteiger partial charge in [-0.05, 0) is 44.9 Å². The van der Waals surface area contributed by atoms with E-state index in [0.29, 0.717) is 19.2 Å². The Labute approximate surface area is 151 Å². The van der Waals surface area contributed by atoms with Crippen molar-refractivity contribution in [2.24, 2.45) is 11.0 Å². The van der Waals surface area contributed by atoms with E-state index in [4.69, 9.17) is 9.72 Å². The van der Waals surface area contributed by atoms with Gasteiger partial charge in [-0.3, -0.25) is 4.79 Å². The normalized spacial score (nSPS) is 26.7. The number of nitrogens with zero attached hydrogens (tertiary/aromatic N) is 3. The van der Waals surface area contributed by atoms with Crippen LogP contribution in [0.1, 0.15) is 38.6 Å². The molecule has 2 N–H and O–H groups in total. The van der Waals surface area contributed by atoms with Crippen LogP contribution in [0.15, 0.2) is 17.2 Å². The molecule has 1 aromatic heterocycles. The Kier molecular flexibility index (Phi) is 3.22. The molecule has 0 aliphatic carbocycles. The number of hydrazone groups is 1. The average Bonchev–Trinajstić information content (AvgIpc) is 3.28. The van der Waals surface area contributed by atoms with Gasteiger partial charge in [0, 0.05) is 13.2 Å². The standard InChI is InChI=1S/C19H23N5O2/c1-4-24-15-8-14-13(7-11(15)19(2,3)18(24)25)20-17(21-14)16-10-9-26-6-5-12(10)22-23-16/h7-8,10,12,22H,4-6,9H2,1-3H3,(H,20,21). The topological polar surface area (TPSA) is 82.6 Å². The van der Waals surface area contributed by atoms with Gasteiger partial charge in [0.1, 0.15) is 5.71 Å². The monoisotopic (exact) mass is 353 g/mol. The molecule has 5 rings (SSSR count). The first kappa shape index (κ1) is 15.8. The van der Waals surface area contributed by atoms with Crippen molar-refractivity contribution in [3.63, 3.8) is 0 Å². The predicted molar refractivity (Wildman–Crippen MR) is 99.5 cm³/mol. The molecule has 0 bridgehead atoms. The number of carbonyl (C=O) groups excluding carboxylic acids is 1. The first-order chi connectivity index (χ1) is 12.5. The van der Waals surface area contributed by atoms with E-state index in [0.717, 1.165) is 46.8 Å². The summed E-state index contributed by atoms with van der Waals surface area (Å²) in [6.07, 6.45) is 0.966. The van der Waals surface area contributed by atoms with Crippen molar-refractivity contribution in [1.29, 1.82) is 0 Å². The zero-order valence-corrected chi connectivity index (χ0v) is 15.3. The maximum atomic E-state index is 12.7. The quantitative estimate of drug-likeness (QED) is 0.864. The number of amides is 1. The number of fused-ring (bicyclic) bond motifs is 3. The molecule has 1 amide bonds. The van der Waals surface area contributed by atoms with Gasteiger partial charge in [0.2, 0.25) is 5.91 Å². The van der Waals surface area contributed by atoms with Gasteiger partial charge >= 0.3 is 0 Å². The van der Waals surface area contributed by atoms with Crippen molar-refractivity contribution >= 4 is 28.3 Å². The molecule has 1 fully saturated rings. The van der Waals surface area contributed by atoms with Gasteiger partial charge in [-0.25, -0.2) is 4.98 Å². The number of likely N-dealkylation sites (N-methyl/N-ethyl adjacent to an activating group) is 1. The minimum absolute atomic E-state index is 0.148. The predicted octanol–water partition coefficient (Wildman–Crippen LogP) is 1.92. The SMILES string of the molecule is CCN1C(=O)C(C)(C)c2cc3[nH]c(C4=NNC5CCOCC45)nc3cc21. The van der Waals surface area contributed by atoms with Gasteiger partial charge in [0.15, 0.2) is 5.82 Å². The van der Waals surface area contributed by atoms with E-state index in [9.17, 15) is 4.79 Å². The van der Waals surface area contributed by atoms with Gasteiger partial charge in [0.25, 0.3) is 0 Å². The van der Waals surface area contributed by atoms with Crippen molar-refractivity contribution in [3.8, 4) is 0 Å². The molecule has 26 heavy (non-hydrogen) atoms. The summed E-state index contributed by atoms with van der Waals surface area (Å²) in [6, 6.07) is 4.44. The summed E-state index contributed by atoms with van der Waals surface area (Å²) in [6.45, 7) is 8.10. The van der Waals surface area contributed by atoms with Gasteiger partial charge in [-0.2, -0.15) is 5.10 Å². The Bertz CT molecular complexity index is 945. The van der Waals surface area contributed by atoms with Crippen molar-refractivity contribution in [2.75, 3.05) is 24.7 Å². The second kappa shape index (κ2) is 5.30. The van der Waals surface area contributed by atoms with Crippen LogP contribution in [0.5, 0.6) is 0 Å². The number of aromatic amines is 1. The fourth-order valence-corrected chi connectivity index (χ4v) is 4.39. The highest BCUT2D eigenvalue weighted by atomic mass is 16.5. The number of imidazole rings is 1. The largest absolute Gasteiger partial charge is 0.381 e. The molecule has 3 aliphatic rings. The molecule has 1 saturated heterocycles. The third kappa shape index (κ3) is 2.00. The van der Waals surface area contributed by atoms with Crippen LogP contribution >= 0.6 is 0 Å². The molecule has 4 heterocycles. The van der Waals surface area contributed by atoms with Crippen LogP contribution in [0.3, 0.4) is 0 Å². The Morgan fingerprint density at radius 2 is 2.23 bits per heavy atom. The summed E-state index contributed by atoms with van der Waals surface area (Å²) < 4.78 is 5.64. The van der Waals surface area contributed by atoms with Crippen LogP contribution in [-0.2, 0) is 14.9 Å². The molecule has 7 heteroatoms. The molecular formula is C19H23N5O2. The number of anilines is 1. The van der Waals surface area contributed by atoms with Crippen LogP contribution in [0, 0.1) is 5.92 Å². The van der Waals surface area contributed by atoms with Crippen LogP contribution in [-0.4, -0.2) is 47.4 Å². The summed E-state index contributed by atoms with van der Waals surface area (Å²) in [4.78, 5) is 22.8. The lowest BCUT2D eigenvalue weighted by molar-refractivity contribution is -0.122. The lowest BCUT2D eigenvalue weighted by Crippen LogP contribution is -2.38. The number of H-pyrrole nitrogens is 1. The van der Waals surface area contributed by atoms with Crippen LogP contribution in [0.25, 0.3) is 11.0 Å². The molecule has 1 aromatic carbocycles. The van der Waals surface area contributed by atoms with Crippen LogP contribution in [0.2, 0.25) is 0 Å². The number of benzene rings is 1. The van der Waals surface area contributed by atoms with Crippen molar-refractivity contribution < 1.29 is 9.53 Å². The number of hydrogen-bond acceptors (Lipinski definition) is 5. The number of rotatable bonds is 2. The molecule has 136 valence electrons. The molecular weight excluding hydrogens is 330 g/mol. The van der Waals surface area contributed by atoms with Crippen LogP contribution < -0.4 is 10.3 Å². The average molecular weight is 353 g/mol. The lowest BCUT2D eigenvalue weighted by atomic mass is 9.86. The van der Waals surface area contributed by atoms with E-state index in [-0.39, 0.29) is 11.8 Å². The molecule has 0 radical (unpaired) electrons. The Hall–Kier alpha value is -2.41. The fourth-order valence-electron chi connectivity index (χ4n) is 4.39. The number of nitrogens with one attached hydrogen (secondary N) is 2. The number of ether oxygens (including phenoxy) is 1. The molecule has 2 aromatic rings. The van der Waals surface area contributed by atoms with Crippen LogP contribution in [0.4, 0.5) is 5.69 Å². The maximum Gasteiger partial charge on any atom is 0.237 e. The minimum atomic E-state index is -0.514. The highest BCUT2D eigenvalue weighted by Crippen LogP contribution is 2.43. The van der Waals surface area contributed by atoms with Gasteiger partial charge in [-0.15, -0.1) is 0 Å². The maximum absolute atomic E-state index is 12.7. The third-order valence-electron chi connectivity index (χ3n) is 5.96. The number of carbonyl (C=O) groups is 1. The first-order valence-corrected chi connectivity index (χ1v) is 9.28. The minimum Gasteiger partial charge on any atom is -0.381 e. The lowest BCUT2D eigenvalue weighted by Gasteiger charge is -2.24. The molecule has 0 saturated carbocycles. The summed E-state index contributed by atoms with van der Waals surface area (Å²) in [5.41, 5.74) is 7.49. The number of hydrogen-bond donors (Lipinski definition) is 2. The van der Waals surface area contributed by atoms with Gasteiger partial charge in [0.05, 0.1) is 40.7 Å².